The summed E-state index contributed by atoms with van der Waals surface area (Å²) in [5, 5.41) is 6.87. The summed E-state index contributed by atoms with van der Waals surface area (Å²) in [5.74, 6) is 0.469. The number of nitrogens with zero attached hydrogens (tertiary/aromatic N) is 4. The number of anilines is 1. The minimum absolute atomic E-state index is 0.216. The zero-order valence-electron chi connectivity index (χ0n) is 10.8. The molecule has 0 aliphatic heterocycles. The van der Waals surface area contributed by atoms with Crippen LogP contribution in [0.25, 0.3) is 5.82 Å². The van der Waals surface area contributed by atoms with Gasteiger partial charge >= 0.3 is 0 Å². The van der Waals surface area contributed by atoms with Crippen molar-refractivity contribution in [2.45, 2.75) is 0 Å². The summed E-state index contributed by atoms with van der Waals surface area (Å²) >= 11 is 3.23. The van der Waals surface area contributed by atoms with Gasteiger partial charge in [0.25, 0.3) is 5.91 Å². The van der Waals surface area contributed by atoms with E-state index < -0.39 is 0 Å². The third-order valence-electron chi connectivity index (χ3n) is 2.73. The van der Waals surface area contributed by atoms with Crippen LogP contribution < -0.4 is 5.32 Å². The molecule has 0 atom stereocenters. The first-order chi connectivity index (χ1) is 10.2. The van der Waals surface area contributed by atoms with Crippen molar-refractivity contribution < 1.29 is 4.79 Å². The predicted octanol–water partition coefficient (Wildman–Crippen LogP) is 2.68. The molecule has 0 aliphatic carbocycles. The second-order valence-electron chi connectivity index (χ2n) is 4.18. The Morgan fingerprint density at radius 2 is 2.10 bits per heavy atom. The minimum atomic E-state index is -0.216. The van der Waals surface area contributed by atoms with Gasteiger partial charge in [-0.05, 0) is 46.3 Å². The molecule has 3 aromatic heterocycles. The number of hydrogen-bond donors (Lipinski definition) is 1. The highest BCUT2D eigenvalue weighted by atomic mass is 79.9. The Morgan fingerprint density at radius 1 is 1.19 bits per heavy atom. The van der Waals surface area contributed by atoms with Gasteiger partial charge in [0.1, 0.15) is 4.60 Å². The Hall–Kier alpha value is -2.54. The summed E-state index contributed by atoms with van der Waals surface area (Å²) in [5.41, 5.74) is 1.14. The average Bonchev–Trinajstić information content (AvgIpc) is 3.02. The third-order valence-corrected chi connectivity index (χ3v) is 3.17. The molecule has 0 saturated heterocycles. The highest BCUT2D eigenvalue weighted by Gasteiger charge is 2.07. The summed E-state index contributed by atoms with van der Waals surface area (Å²) < 4.78 is 2.26. The zero-order chi connectivity index (χ0) is 14.7. The van der Waals surface area contributed by atoms with Crippen molar-refractivity contribution in [3.8, 4) is 5.82 Å². The van der Waals surface area contributed by atoms with Crippen molar-refractivity contribution in [3.63, 3.8) is 0 Å². The van der Waals surface area contributed by atoms with E-state index in [2.05, 4.69) is 36.3 Å². The van der Waals surface area contributed by atoms with Crippen LogP contribution in [0.15, 0.2) is 59.7 Å². The molecule has 0 aliphatic rings. The molecule has 21 heavy (non-hydrogen) atoms. The van der Waals surface area contributed by atoms with Crippen LogP contribution in [-0.2, 0) is 0 Å². The van der Waals surface area contributed by atoms with Crippen LogP contribution in [-0.4, -0.2) is 25.7 Å². The Bertz CT molecular complexity index is 755. The van der Waals surface area contributed by atoms with Gasteiger partial charge in [-0.1, -0.05) is 0 Å². The third kappa shape index (κ3) is 3.14. The molecule has 7 heteroatoms. The summed E-state index contributed by atoms with van der Waals surface area (Å²) in [4.78, 5) is 20.3. The molecule has 0 unspecified atom stereocenters. The quantitative estimate of drug-likeness (QED) is 0.742. The molecule has 0 bridgehead atoms. The van der Waals surface area contributed by atoms with Crippen molar-refractivity contribution in [1.29, 1.82) is 0 Å². The van der Waals surface area contributed by atoms with Crippen molar-refractivity contribution in [3.05, 3.63) is 65.3 Å². The van der Waals surface area contributed by atoms with E-state index in [4.69, 9.17) is 0 Å². The molecular formula is C14H10BrN5O. The number of rotatable bonds is 3. The van der Waals surface area contributed by atoms with E-state index in [1.165, 1.54) is 0 Å². The number of carbonyl (C=O) groups excluding carboxylic acids is 1. The Labute approximate surface area is 129 Å². The summed E-state index contributed by atoms with van der Waals surface area (Å²) in [6.07, 6.45) is 6.64. The van der Waals surface area contributed by atoms with Gasteiger partial charge in [0, 0.05) is 24.2 Å². The molecule has 0 radical (unpaired) electrons. The molecule has 1 amide bonds. The Balaban J connectivity index is 1.75. The van der Waals surface area contributed by atoms with Gasteiger partial charge in [0.2, 0.25) is 0 Å². The monoisotopic (exact) mass is 343 g/mol. The predicted molar refractivity (Wildman–Crippen MR) is 81.2 cm³/mol. The lowest BCUT2D eigenvalue weighted by atomic mass is 10.2. The van der Waals surface area contributed by atoms with Crippen LogP contribution >= 0.6 is 15.9 Å². The second kappa shape index (κ2) is 5.84. The van der Waals surface area contributed by atoms with Crippen LogP contribution in [0.3, 0.4) is 0 Å². The first kappa shape index (κ1) is 13.4. The largest absolute Gasteiger partial charge is 0.321 e. The molecule has 6 nitrogen and oxygen atoms in total. The molecule has 1 N–H and O–H groups in total. The van der Waals surface area contributed by atoms with Crippen LogP contribution in [0.2, 0.25) is 0 Å². The van der Waals surface area contributed by atoms with E-state index in [0.29, 0.717) is 21.7 Å². The number of amides is 1. The maximum atomic E-state index is 12.1. The van der Waals surface area contributed by atoms with Crippen LogP contribution in [0, 0.1) is 0 Å². The SMILES string of the molecule is O=C(Nc1ccc(-n2cccn2)nc1)c1ccnc(Br)c1. The highest BCUT2D eigenvalue weighted by molar-refractivity contribution is 9.10. The van der Waals surface area contributed by atoms with Gasteiger partial charge in [-0.15, -0.1) is 0 Å². The maximum Gasteiger partial charge on any atom is 0.255 e. The number of halogens is 1. The summed E-state index contributed by atoms with van der Waals surface area (Å²) in [7, 11) is 0. The van der Waals surface area contributed by atoms with E-state index in [-0.39, 0.29) is 5.91 Å². The molecule has 0 saturated carbocycles. The lowest BCUT2D eigenvalue weighted by molar-refractivity contribution is 0.102. The molecule has 0 fully saturated rings. The van der Waals surface area contributed by atoms with Crippen LogP contribution in [0.4, 0.5) is 5.69 Å². The molecular weight excluding hydrogens is 334 g/mol. The van der Waals surface area contributed by atoms with Crippen LogP contribution in [0.1, 0.15) is 10.4 Å². The van der Waals surface area contributed by atoms with Gasteiger partial charge in [-0.25, -0.2) is 14.6 Å². The van der Waals surface area contributed by atoms with E-state index in [1.807, 2.05) is 6.07 Å². The summed E-state index contributed by atoms with van der Waals surface area (Å²) in [6, 6.07) is 8.67. The number of aromatic nitrogens is 4. The fourth-order valence-electron chi connectivity index (χ4n) is 1.75. The lowest BCUT2D eigenvalue weighted by Gasteiger charge is -2.06. The fourth-order valence-corrected chi connectivity index (χ4v) is 2.11. The van der Waals surface area contributed by atoms with E-state index in [9.17, 15) is 4.79 Å². The van der Waals surface area contributed by atoms with Gasteiger partial charge in [-0.2, -0.15) is 5.10 Å². The lowest BCUT2D eigenvalue weighted by Crippen LogP contribution is -2.12. The second-order valence-corrected chi connectivity index (χ2v) is 4.99. The highest BCUT2D eigenvalue weighted by Crippen LogP contribution is 2.13. The standard InChI is InChI=1S/C14H10BrN5O/c15-12-8-10(4-6-16-12)14(21)19-11-2-3-13(17-9-11)20-7-1-5-18-20/h1-9H,(H,19,21). The van der Waals surface area contributed by atoms with Crippen LogP contribution in [0.5, 0.6) is 0 Å². The first-order valence-electron chi connectivity index (χ1n) is 6.11. The Kier molecular flexibility index (Phi) is 3.74. The maximum absolute atomic E-state index is 12.1. The van der Waals surface area contributed by atoms with Gasteiger partial charge in [-0.3, -0.25) is 4.79 Å². The van der Waals surface area contributed by atoms with Gasteiger partial charge < -0.3 is 5.32 Å². The number of pyridine rings is 2. The molecule has 3 aromatic rings. The van der Waals surface area contributed by atoms with Gasteiger partial charge in [0.15, 0.2) is 5.82 Å². The topological polar surface area (TPSA) is 72.7 Å². The van der Waals surface area contributed by atoms with Crippen molar-refractivity contribution in [2.75, 3.05) is 5.32 Å². The number of carbonyl (C=O) groups is 1. The Morgan fingerprint density at radius 3 is 2.76 bits per heavy atom. The van der Waals surface area contributed by atoms with Crippen molar-refractivity contribution >= 4 is 27.5 Å². The number of nitrogens with one attached hydrogen (secondary N) is 1. The van der Waals surface area contributed by atoms with E-state index in [1.54, 1.807) is 53.7 Å². The average molecular weight is 344 g/mol. The molecule has 3 rings (SSSR count). The smallest absolute Gasteiger partial charge is 0.255 e. The zero-order valence-corrected chi connectivity index (χ0v) is 12.4. The molecule has 104 valence electrons. The number of hydrogen-bond acceptors (Lipinski definition) is 4. The molecule has 3 heterocycles. The van der Waals surface area contributed by atoms with Gasteiger partial charge in [0.05, 0.1) is 11.9 Å². The van der Waals surface area contributed by atoms with Crippen molar-refractivity contribution in [2.24, 2.45) is 0 Å². The fraction of sp³-hybridized carbons (Fsp3) is 0. The van der Waals surface area contributed by atoms with E-state index >= 15 is 0 Å². The van der Waals surface area contributed by atoms with E-state index in [0.717, 1.165) is 0 Å². The first-order valence-corrected chi connectivity index (χ1v) is 6.91. The minimum Gasteiger partial charge on any atom is -0.321 e. The normalized spacial score (nSPS) is 10.3. The van der Waals surface area contributed by atoms with Crippen molar-refractivity contribution in [1.82, 2.24) is 19.7 Å². The molecule has 0 aromatic carbocycles. The summed E-state index contributed by atoms with van der Waals surface area (Å²) in [6.45, 7) is 0. The molecule has 0 spiro atoms.